The van der Waals surface area contributed by atoms with Crippen molar-refractivity contribution in [3.63, 3.8) is 0 Å². The number of halogens is 1. The highest BCUT2D eigenvalue weighted by Crippen LogP contribution is 2.26. The number of fused-ring (bicyclic) bond motifs is 2. The van der Waals surface area contributed by atoms with Crippen molar-refractivity contribution in [1.29, 1.82) is 0 Å². The molecule has 138 valence electrons. The highest BCUT2D eigenvalue weighted by atomic mass is 35.5. The smallest absolute Gasteiger partial charge is 0.269 e. The van der Waals surface area contributed by atoms with E-state index in [1.54, 1.807) is 6.07 Å². The van der Waals surface area contributed by atoms with Crippen LogP contribution < -0.4 is 11.1 Å². The molecule has 2 aromatic rings. The number of primary amides is 1. The molecule has 26 heavy (non-hydrogen) atoms. The van der Waals surface area contributed by atoms with Gasteiger partial charge >= 0.3 is 0 Å². The predicted molar refractivity (Wildman–Crippen MR) is 101 cm³/mol. The third-order valence-corrected chi connectivity index (χ3v) is 5.05. The molecule has 6 nitrogen and oxygen atoms in total. The Hall–Kier alpha value is -2.34. The summed E-state index contributed by atoms with van der Waals surface area (Å²) >= 11 is 5.85. The van der Waals surface area contributed by atoms with Crippen molar-refractivity contribution in [2.45, 2.75) is 45.4 Å². The quantitative estimate of drug-likeness (QED) is 0.714. The number of hydrogen-bond donors (Lipinski definition) is 3. The third kappa shape index (κ3) is 4.25. The lowest BCUT2D eigenvalue weighted by Gasteiger charge is -2.17. The van der Waals surface area contributed by atoms with Crippen molar-refractivity contribution in [2.24, 2.45) is 11.7 Å². The number of amides is 2. The van der Waals surface area contributed by atoms with Crippen LogP contribution in [0.3, 0.4) is 0 Å². The van der Waals surface area contributed by atoms with Crippen LogP contribution in [0.1, 0.15) is 53.5 Å². The first kappa shape index (κ1) is 18.5. The first-order chi connectivity index (χ1) is 12.4. The number of hydrogen-bond acceptors (Lipinski definition) is 3. The molecule has 2 heterocycles. The molecule has 2 aliphatic rings. The molecule has 0 saturated carbocycles. The summed E-state index contributed by atoms with van der Waals surface area (Å²) in [4.78, 5) is 22.2. The molecule has 1 aromatic heterocycles. The lowest BCUT2D eigenvalue weighted by Crippen LogP contribution is -2.17. The van der Waals surface area contributed by atoms with Gasteiger partial charge in [0.15, 0.2) is 5.69 Å². The van der Waals surface area contributed by atoms with Crippen molar-refractivity contribution >= 4 is 29.1 Å². The SMILES string of the molecule is CC1CCc2[nH]nc(C(N)=O)c2C1.O=C1CCCc2cc(Cl)ccc2N1. The van der Waals surface area contributed by atoms with Crippen LogP contribution in [0.15, 0.2) is 18.2 Å². The van der Waals surface area contributed by atoms with E-state index < -0.39 is 5.91 Å². The van der Waals surface area contributed by atoms with Crippen LogP contribution in [0.2, 0.25) is 5.02 Å². The van der Waals surface area contributed by atoms with Crippen LogP contribution >= 0.6 is 11.6 Å². The largest absolute Gasteiger partial charge is 0.364 e. The minimum atomic E-state index is -0.424. The van der Waals surface area contributed by atoms with E-state index in [2.05, 4.69) is 22.4 Å². The van der Waals surface area contributed by atoms with E-state index in [4.69, 9.17) is 17.3 Å². The molecule has 1 atom stereocenters. The van der Waals surface area contributed by atoms with Gasteiger partial charge in [0, 0.05) is 28.4 Å². The molecule has 7 heteroatoms. The molecule has 1 aliphatic carbocycles. The molecule has 0 radical (unpaired) electrons. The zero-order valence-electron chi connectivity index (χ0n) is 14.8. The standard InChI is InChI=1S/C10H10ClNO.C9H13N3O/c11-8-4-5-9-7(6-8)2-1-3-10(13)12-9;1-5-2-3-7-6(4-5)8(9(10)13)12-11-7/h4-6H,1-3H2,(H,12,13);5H,2-4H2,1H3,(H2,10,13)(H,11,12). The molecule has 0 fully saturated rings. The average Bonchev–Trinajstić information content (AvgIpc) is 2.92. The van der Waals surface area contributed by atoms with Gasteiger partial charge in [-0.2, -0.15) is 5.10 Å². The van der Waals surface area contributed by atoms with Crippen LogP contribution in [0.4, 0.5) is 5.69 Å². The van der Waals surface area contributed by atoms with Gasteiger partial charge in [0.05, 0.1) is 0 Å². The fourth-order valence-corrected chi connectivity index (χ4v) is 3.61. The van der Waals surface area contributed by atoms with Crippen LogP contribution in [-0.4, -0.2) is 22.0 Å². The molecular formula is C19H23ClN4O2. The van der Waals surface area contributed by atoms with Crippen molar-refractivity contribution in [3.05, 3.63) is 45.7 Å². The van der Waals surface area contributed by atoms with Gasteiger partial charge in [-0.1, -0.05) is 18.5 Å². The van der Waals surface area contributed by atoms with Crippen molar-refractivity contribution in [3.8, 4) is 0 Å². The van der Waals surface area contributed by atoms with Crippen molar-refractivity contribution in [1.82, 2.24) is 10.2 Å². The summed E-state index contributed by atoms with van der Waals surface area (Å²) in [6, 6.07) is 5.58. The van der Waals surface area contributed by atoms with Gasteiger partial charge in [-0.3, -0.25) is 14.7 Å². The minimum absolute atomic E-state index is 0.0982. The Morgan fingerprint density at radius 3 is 2.88 bits per heavy atom. The second-order valence-corrected chi connectivity index (χ2v) is 7.38. The lowest BCUT2D eigenvalue weighted by atomic mass is 9.88. The summed E-state index contributed by atoms with van der Waals surface area (Å²) in [5.41, 5.74) is 9.81. The summed E-state index contributed by atoms with van der Waals surface area (Å²) in [6.07, 6.45) is 5.49. The Kier molecular flexibility index (Phi) is 5.61. The van der Waals surface area contributed by atoms with E-state index in [9.17, 15) is 9.59 Å². The molecule has 1 aromatic carbocycles. The van der Waals surface area contributed by atoms with E-state index in [-0.39, 0.29) is 5.91 Å². The average molecular weight is 375 g/mol. The highest BCUT2D eigenvalue weighted by molar-refractivity contribution is 6.30. The van der Waals surface area contributed by atoms with Crippen LogP contribution in [0.25, 0.3) is 0 Å². The monoisotopic (exact) mass is 374 g/mol. The Labute approximate surface area is 157 Å². The maximum Gasteiger partial charge on any atom is 0.269 e. The lowest BCUT2D eigenvalue weighted by molar-refractivity contribution is -0.116. The van der Waals surface area contributed by atoms with Crippen molar-refractivity contribution in [2.75, 3.05) is 5.32 Å². The number of aryl methyl sites for hydroxylation is 2. The molecule has 2 amide bonds. The van der Waals surface area contributed by atoms with Crippen LogP contribution in [0, 0.1) is 5.92 Å². The number of carbonyl (C=O) groups is 2. The minimum Gasteiger partial charge on any atom is -0.364 e. The van der Waals surface area contributed by atoms with Gasteiger partial charge < -0.3 is 11.1 Å². The van der Waals surface area contributed by atoms with Gasteiger partial charge in [0.25, 0.3) is 5.91 Å². The van der Waals surface area contributed by atoms with Gasteiger partial charge in [-0.05, 0) is 61.8 Å². The van der Waals surface area contributed by atoms with E-state index in [0.717, 1.165) is 59.6 Å². The number of rotatable bonds is 1. The number of nitrogens with two attached hydrogens (primary N) is 1. The van der Waals surface area contributed by atoms with E-state index in [0.29, 0.717) is 18.0 Å². The van der Waals surface area contributed by atoms with Crippen molar-refractivity contribution < 1.29 is 9.59 Å². The number of carbonyl (C=O) groups excluding carboxylic acids is 2. The molecule has 4 N–H and O–H groups in total. The molecule has 0 bridgehead atoms. The Balaban J connectivity index is 0.000000151. The number of aromatic amines is 1. The van der Waals surface area contributed by atoms with E-state index >= 15 is 0 Å². The summed E-state index contributed by atoms with van der Waals surface area (Å²) in [5, 5.41) is 10.4. The zero-order valence-corrected chi connectivity index (χ0v) is 15.5. The maximum atomic E-state index is 11.2. The summed E-state index contributed by atoms with van der Waals surface area (Å²) < 4.78 is 0. The Morgan fingerprint density at radius 1 is 1.31 bits per heavy atom. The third-order valence-electron chi connectivity index (χ3n) is 4.82. The zero-order chi connectivity index (χ0) is 18.7. The second kappa shape index (κ2) is 7.91. The Bertz CT molecular complexity index is 831. The van der Waals surface area contributed by atoms with Crippen LogP contribution in [-0.2, 0) is 24.1 Å². The first-order valence-corrected chi connectivity index (χ1v) is 9.26. The number of anilines is 1. The van der Waals surface area contributed by atoms with Crippen LogP contribution in [0.5, 0.6) is 0 Å². The number of benzene rings is 1. The highest BCUT2D eigenvalue weighted by Gasteiger charge is 2.23. The molecular weight excluding hydrogens is 352 g/mol. The number of nitrogens with zero attached hydrogens (tertiary/aromatic N) is 1. The number of aromatic nitrogens is 2. The number of nitrogens with one attached hydrogen (secondary N) is 2. The molecule has 0 spiro atoms. The fraction of sp³-hybridized carbons (Fsp3) is 0.421. The molecule has 1 unspecified atom stereocenters. The predicted octanol–water partition coefficient (Wildman–Crippen LogP) is 3.25. The van der Waals surface area contributed by atoms with Gasteiger partial charge in [0.1, 0.15) is 0 Å². The number of H-pyrrole nitrogens is 1. The normalized spacial score (nSPS) is 18.5. The summed E-state index contributed by atoms with van der Waals surface area (Å²) in [7, 11) is 0. The van der Waals surface area contributed by atoms with E-state index in [1.165, 1.54) is 0 Å². The van der Waals surface area contributed by atoms with Gasteiger partial charge in [-0.25, -0.2) is 0 Å². The topological polar surface area (TPSA) is 101 Å². The van der Waals surface area contributed by atoms with E-state index in [1.807, 2.05) is 12.1 Å². The molecule has 1 aliphatic heterocycles. The van der Waals surface area contributed by atoms with Gasteiger partial charge in [0.2, 0.25) is 5.91 Å². The Morgan fingerprint density at radius 2 is 2.12 bits per heavy atom. The molecule has 0 saturated heterocycles. The molecule has 4 rings (SSSR count). The second-order valence-electron chi connectivity index (χ2n) is 6.94. The first-order valence-electron chi connectivity index (χ1n) is 8.88. The van der Waals surface area contributed by atoms with Gasteiger partial charge in [-0.15, -0.1) is 0 Å². The summed E-state index contributed by atoms with van der Waals surface area (Å²) in [6.45, 7) is 2.18. The maximum absolute atomic E-state index is 11.2. The fourth-order valence-electron chi connectivity index (χ4n) is 3.42. The summed E-state index contributed by atoms with van der Waals surface area (Å²) in [5.74, 6) is 0.302.